The Morgan fingerprint density at radius 2 is 2.06 bits per heavy atom. The van der Waals surface area contributed by atoms with Crippen molar-refractivity contribution in [1.29, 1.82) is 0 Å². The molecule has 1 N–H and O–H groups in total. The zero-order valence-electron chi connectivity index (χ0n) is 10.2. The molecule has 0 aliphatic carbocycles. The molecule has 0 bridgehead atoms. The van der Waals surface area contributed by atoms with Crippen LogP contribution in [-0.4, -0.2) is 10.1 Å². The number of benzene rings is 1. The van der Waals surface area contributed by atoms with Crippen LogP contribution in [0.5, 0.6) is 5.75 Å². The SMILES string of the molecule is CCC(C)(C)c1cc2nc(C)oc2cc1O. The number of fused-ring (bicyclic) bond motifs is 1. The molecule has 0 atom stereocenters. The molecule has 0 amide bonds. The van der Waals surface area contributed by atoms with Gasteiger partial charge in [-0.25, -0.2) is 4.98 Å². The molecule has 0 fully saturated rings. The monoisotopic (exact) mass is 219 g/mol. The molecular weight excluding hydrogens is 202 g/mol. The summed E-state index contributed by atoms with van der Waals surface area (Å²) in [4.78, 5) is 4.28. The topological polar surface area (TPSA) is 46.3 Å². The zero-order chi connectivity index (χ0) is 11.9. The van der Waals surface area contributed by atoms with Gasteiger partial charge in [0.15, 0.2) is 11.5 Å². The summed E-state index contributed by atoms with van der Waals surface area (Å²) in [6.45, 7) is 8.14. The van der Waals surface area contributed by atoms with E-state index in [1.807, 2.05) is 13.0 Å². The number of hydrogen-bond acceptors (Lipinski definition) is 3. The van der Waals surface area contributed by atoms with Crippen LogP contribution in [0.3, 0.4) is 0 Å². The largest absolute Gasteiger partial charge is 0.508 e. The highest BCUT2D eigenvalue weighted by Crippen LogP contribution is 2.36. The molecule has 1 aromatic carbocycles. The van der Waals surface area contributed by atoms with Crippen LogP contribution in [0.15, 0.2) is 16.5 Å². The van der Waals surface area contributed by atoms with Crippen molar-refractivity contribution in [3.63, 3.8) is 0 Å². The van der Waals surface area contributed by atoms with E-state index in [0.717, 1.165) is 17.5 Å². The number of hydrogen-bond donors (Lipinski definition) is 1. The van der Waals surface area contributed by atoms with Crippen LogP contribution in [-0.2, 0) is 5.41 Å². The number of aromatic hydroxyl groups is 1. The van der Waals surface area contributed by atoms with Gasteiger partial charge in [-0.05, 0) is 17.9 Å². The van der Waals surface area contributed by atoms with Crippen LogP contribution in [0.4, 0.5) is 0 Å². The average molecular weight is 219 g/mol. The molecule has 16 heavy (non-hydrogen) atoms. The molecule has 0 spiro atoms. The van der Waals surface area contributed by atoms with Gasteiger partial charge in [-0.3, -0.25) is 0 Å². The molecule has 0 saturated heterocycles. The summed E-state index contributed by atoms with van der Waals surface area (Å²) >= 11 is 0. The second kappa shape index (κ2) is 3.51. The fourth-order valence-electron chi connectivity index (χ4n) is 1.81. The lowest BCUT2D eigenvalue weighted by Crippen LogP contribution is -2.15. The van der Waals surface area contributed by atoms with Gasteiger partial charge in [0.25, 0.3) is 0 Å². The maximum absolute atomic E-state index is 10.00. The lowest BCUT2D eigenvalue weighted by Gasteiger charge is -2.23. The van der Waals surface area contributed by atoms with Gasteiger partial charge < -0.3 is 9.52 Å². The molecule has 0 unspecified atom stereocenters. The molecular formula is C13H17NO2. The van der Waals surface area contributed by atoms with Gasteiger partial charge in [0.2, 0.25) is 0 Å². The summed E-state index contributed by atoms with van der Waals surface area (Å²) in [6, 6.07) is 3.58. The maximum Gasteiger partial charge on any atom is 0.192 e. The third kappa shape index (κ3) is 1.66. The molecule has 2 rings (SSSR count). The molecule has 3 heteroatoms. The minimum Gasteiger partial charge on any atom is -0.508 e. The van der Waals surface area contributed by atoms with Crippen LogP contribution >= 0.6 is 0 Å². The molecule has 3 nitrogen and oxygen atoms in total. The Morgan fingerprint density at radius 3 is 2.69 bits per heavy atom. The van der Waals surface area contributed by atoms with Crippen molar-refractivity contribution in [2.24, 2.45) is 0 Å². The molecule has 0 aliphatic heterocycles. The second-order valence-electron chi connectivity index (χ2n) is 4.81. The Hall–Kier alpha value is -1.51. The molecule has 0 radical (unpaired) electrons. The smallest absolute Gasteiger partial charge is 0.192 e. The van der Waals surface area contributed by atoms with Gasteiger partial charge in [0.1, 0.15) is 11.3 Å². The van der Waals surface area contributed by atoms with E-state index in [1.54, 1.807) is 6.07 Å². The lowest BCUT2D eigenvalue weighted by molar-refractivity contribution is 0.428. The summed E-state index contributed by atoms with van der Waals surface area (Å²) in [7, 11) is 0. The van der Waals surface area contributed by atoms with E-state index < -0.39 is 0 Å². The molecule has 0 aliphatic rings. The van der Waals surface area contributed by atoms with Crippen molar-refractivity contribution in [2.45, 2.75) is 39.5 Å². The highest BCUT2D eigenvalue weighted by atomic mass is 16.3. The molecule has 2 aromatic rings. The third-order valence-corrected chi connectivity index (χ3v) is 3.23. The van der Waals surface area contributed by atoms with E-state index in [9.17, 15) is 5.11 Å². The van der Waals surface area contributed by atoms with Crippen LogP contribution in [0.25, 0.3) is 11.1 Å². The predicted octanol–water partition coefficient (Wildman–Crippen LogP) is 3.53. The first-order valence-corrected chi connectivity index (χ1v) is 5.54. The van der Waals surface area contributed by atoms with Gasteiger partial charge in [0.05, 0.1) is 0 Å². The van der Waals surface area contributed by atoms with E-state index >= 15 is 0 Å². The van der Waals surface area contributed by atoms with E-state index in [1.165, 1.54) is 0 Å². The first-order chi connectivity index (χ1) is 7.44. The minimum absolute atomic E-state index is 0.0505. The van der Waals surface area contributed by atoms with Gasteiger partial charge >= 0.3 is 0 Å². The Labute approximate surface area is 95.1 Å². The van der Waals surface area contributed by atoms with E-state index in [2.05, 4.69) is 25.8 Å². The quantitative estimate of drug-likeness (QED) is 0.840. The summed E-state index contributed by atoms with van der Waals surface area (Å²) in [5.74, 6) is 0.913. The van der Waals surface area contributed by atoms with Crippen molar-refractivity contribution in [1.82, 2.24) is 4.98 Å². The highest BCUT2D eigenvalue weighted by molar-refractivity contribution is 5.76. The number of phenolic OH excluding ortho intramolecular Hbond substituents is 1. The standard InChI is InChI=1S/C13H17NO2/c1-5-13(3,4)9-6-10-12(7-11(9)15)16-8(2)14-10/h6-7,15H,5H2,1-4H3. The maximum atomic E-state index is 10.00. The van der Waals surface area contributed by atoms with Crippen LogP contribution in [0, 0.1) is 6.92 Å². The third-order valence-electron chi connectivity index (χ3n) is 3.23. The summed E-state index contributed by atoms with van der Waals surface area (Å²) in [6.07, 6.45) is 0.961. The van der Waals surface area contributed by atoms with Gasteiger partial charge in [0, 0.05) is 18.6 Å². The van der Waals surface area contributed by atoms with Crippen LogP contribution in [0.2, 0.25) is 0 Å². The van der Waals surface area contributed by atoms with Gasteiger partial charge in [-0.2, -0.15) is 0 Å². The molecule has 86 valence electrons. The molecule has 1 heterocycles. The first kappa shape index (κ1) is 11.0. The summed E-state index contributed by atoms with van der Waals surface area (Å²) < 4.78 is 5.38. The van der Waals surface area contributed by atoms with Crippen LogP contribution in [0.1, 0.15) is 38.6 Å². The number of aromatic nitrogens is 1. The predicted molar refractivity (Wildman–Crippen MR) is 63.7 cm³/mol. The van der Waals surface area contributed by atoms with Gasteiger partial charge in [-0.1, -0.05) is 20.8 Å². The number of aryl methyl sites for hydroxylation is 1. The fourth-order valence-corrected chi connectivity index (χ4v) is 1.81. The van der Waals surface area contributed by atoms with Crippen LogP contribution < -0.4 is 0 Å². The second-order valence-corrected chi connectivity index (χ2v) is 4.81. The lowest BCUT2D eigenvalue weighted by atomic mass is 9.81. The minimum atomic E-state index is -0.0505. The van der Waals surface area contributed by atoms with Gasteiger partial charge in [-0.15, -0.1) is 0 Å². The van der Waals surface area contributed by atoms with E-state index in [-0.39, 0.29) is 11.2 Å². The fraction of sp³-hybridized carbons (Fsp3) is 0.462. The van der Waals surface area contributed by atoms with E-state index in [0.29, 0.717) is 11.5 Å². The Morgan fingerprint density at radius 1 is 1.38 bits per heavy atom. The van der Waals surface area contributed by atoms with Crippen molar-refractivity contribution in [3.8, 4) is 5.75 Å². The van der Waals surface area contributed by atoms with Crippen molar-refractivity contribution in [2.75, 3.05) is 0 Å². The highest BCUT2D eigenvalue weighted by Gasteiger charge is 2.23. The number of rotatable bonds is 2. The number of phenols is 1. The number of nitrogens with zero attached hydrogens (tertiary/aromatic N) is 1. The van der Waals surface area contributed by atoms with Crippen molar-refractivity contribution < 1.29 is 9.52 Å². The average Bonchev–Trinajstić information content (AvgIpc) is 2.56. The van der Waals surface area contributed by atoms with Crippen molar-refractivity contribution in [3.05, 3.63) is 23.6 Å². The van der Waals surface area contributed by atoms with E-state index in [4.69, 9.17) is 4.42 Å². The Bertz CT molecular complexity index is 526. The Balaban J connectivity index is 2.66. The Kier molecular flexibility index (Phi) is 2.41. The molecule has 1 aromatic heterocycles. The normalized spacial score (nSPS) is 12.2. The summed E-state index contributed by atoms with van der Waals surface area (Å²) in [5.41, 5.74) is 2.33. The summed E-state index contributed by atoms with van der Waals surface area (Å²) in [5, 5.41) is 10.00. The van der Waals surface area contributed by atoms with Crippen molar-refractivity contribution >= 4 is 11.1 Å². The number of oxazole rings is 1. The zero-order valence-corrected chi connectivity index (χ0v) is 10.2. The first-order valence-electron chi connectivity index (χ1n) is 5.54. The molecule has 0 saturated carbocycles.